The van der Waals surface area contributed by atoms with Crippen molar-refractivity contribution in [2.24, 2.45) is 7.05 Å². The molecule has 90 valence electrons. The smallest absolute Gasteiger partial charge is 0.271 e. The lowest BCUT2D eigenvalue weighted by atomic mass is 10.2. The van der Waals surface area contributed by atoms with Crippen LogP contribution in [0.2, 0.25) is 0 Å². The molecule has 1 aromatic heterocycles. The fraction of sp³-hybridized carbons (Fsp3) is 0.636. The SMILES string of the molecule is CN(CCCCCBr)C(=O)c1cncn1C. The summed E-state index contributed by atoms with van der Waals surface area (Å²) < 4.78 is 1.75. The van der Waals surface area contributed by atoms with Crippen molar-refractivity contribution in [3.63, 3.8) is 0 Å². The Labute approximate surface area is 105 Å². The molecular weight excluding hydrogens is 270 g/mol. The van der Waals surface area contributed by atoms with Gasteiger partial charge in [0, 0.05) is 26.0 Å². The Balaban J connectivity index is 2.40. The van der Waals surface area contributed by atoms with E-state index in [4.69, 9.17) is 0 Å². The summed E-state index contributed by atoms with van der Waals surface area (Å²) in [5.74, 6) is 0.0406. The van der Waals surface area contributed by atoms with Crippen LogP contribution in [-0.2, 0) is 7.05 Å². The zero-order valence-corrected chi connectivity index (χ0v) is 11.4. The van der Waals surface area contributed by atoms with E-state index in [1.165, 1.54) is 0 Å². The van der Waals surface area contributed by atoms with Gasteiger partial charge in [-0.3, -0.25) is 4.79 Å². The number of carbonyl (C=O) groups is 1. The fourth-order valence-corrected chi connectivity index (χ4v) is 1.88. The molecule has 0 atom stereocenters. The molecule has 0 N–H and O–H groups in total. The summed E-state index contributed by atoms with van der Waals surface area (Å²) in [6.45, 7) is 0.803. The quantitative estimate of drug-likeness (QED) is 0.593. The molecule has 0 saturated carbocycles. The molecule has 1 aromatic rings. The van der Waals surface area contributed by atoms with Crippen molar-refractivity contribution in [3.05, 3.63) is 18.2 Å². The maximum atomic E-state index is 11.9. The van der Waals surface area contributed by atoms with E-state index >= 15 is 0 Å². The van der Waals surface area contributed by atoms with Crippen LogP contribution in [0, 0.1) is 0 Å². The third-order valence-electron chi connectivity index (χ3n) is 2.51. The third-order valence-corrected chi connectivity index (χ3v) is 3.07. The van der Waals surface area contributed by atoms with Crippen LogP contribution < -0.4 is 0 Å². The highest BCUT2D eigenvalue weighted by atomic mass is 79.9. The van der Waals surface area contributed by atoms with Crippen LogP contribution in [0.3, 0.4) is 0 Å². The van der Waals surface area contributed by atoms with Crippen LogP contribution in [0.4, 0.5) is 0 Å². The number of carbonyl (C=O) groups excluding carboxylic acids is 1. The summed E-state index contributed by atoms with van der Waals surface area (Å²) >= 11 is 3.39. The second-order valence-electron chi connectivity index (χ2n) is 3.87. The van der Waals surface area contributed by atoms with E-state index in [9.17, 15) is 4.79 Å². The van der Waals surface area contributed by atoms with E-state index in [0.717, 1.165) is 31.1 Å². The van der Waals surface area contributed by atoms with Crippen molar-refractivity contribution in [2.45, 2.75) is 19.3 Å². The molecule has 0 saturated heterocycles. The highest BCUT2D eigenvalue weighted by Gasteiger charge is 2.14. The Morgan fingerprint density at radius 1 is 1.50 bits per heavy atom. The number of amides is 1. The largest absolute Gasteiger partial charge is 0.340 e. The van der Waals surface area contributed by atoms with Crippen molar-refractivity contribution in [1.82, 2.24) is 14.5 Å². The summed E-state index contributed by atoms with van der Waals surface area (Å²) in [6, 6.07) is 0. The van der Waals surface area contributed by atoms with Gasteiger partial charge in [0.05, 0.1) is 12.5 Å². The van der Waals surface area contributed by atoms with Gasteiger partial charge in [-0.25, -0.2) is 4.98 Å². The van der Waals surface area contributed by atoms with Gasteiger partial charge in [0.2, 0.25) is 0 Å². The topological polar surface area (TPSA) is 38.1 Å². The Hall–Kier alpha value is -0.840. The number of unbranched alkanes of at least 4 members (excludes halogenated alkanes) is 2. The molecule has 0 radical (unpaired) electrons. The van der Waals surface area contributed by atoms with E-state index in [-0.39, 0.29) is 5.91 Å². The molecule has 0 unspecified atom stereocenters. The predicted molar refractivity (Wildman–Crippen MR) is 67.8 cm³/mol. The molecule has 0 aliphatic carbocycles. The van der Waals surface area contributed by atoms with Crippen molar-refractivity contribution in [3.8, 4) is 0 Å². The first kappa shape index (κ1) is 13.2. The lowest BCUT2D eigenvalue weighted by Gasteiger charge is -2.16. The Bertz CT molecular complexity index is 338. The van der Waals surface area contributed by atoms with Gasteiger partial charge < -0.3 is 9.47 Å². The summed E-state index contributed by atoms with van der Waals surface area (Å²) in [4.78, 5) is 17.6. The average molecular weight is 288 g/mol. The van der Waals surface area contributed by atoms with Gasteiger partial charge in [-0.1, -0.05) is 22.4 Å². The summed E-state index contributed by atoms with van der Waals surface area (Å²) in [6.07, 6.45) is 6.61. The molecule has 1 amide bonds. The number of aryl methyl sites for hydroxylation is 1. The maximum absolute atomic E-state index is 11.9. The van der Waals surface area contributed by atoms with Gasteiger partial charge >= 0.3 is 0 Å². The number of alkyl halides is 1. The number of aromatic nitrogens is 2. The van der Waals surface area contributed by atoms with E-state index < -0.39 is 0 Å². The van der Waals surface area contributed by atoms with E-state index in [1.807, 2.05) is 14.1 Å². The minimum Gasteiger partial charge on any atom is -0.340 e. The molecule has 0 aliphatic heterocycles. The second kappa shape index (κ2) is 6.68. The Morgan fingerprint density at radius 3 is 2.81 bits per heavy atom. The summed E-state index contributed by atoms with van der Waals surface area (Å²) in [5, 5.41) is 1.03. The normalized spacial score (nSPS) is 10.4. The average Bonchev–Trinajstić information content (AvgIpc) is 2.69. The minimum absolute atomic E-state index is 0.0406. The molecule has 0 fully saturated rings. The van der Waals surface area contributed by atoms with Crippen molar-refractivity contribution < 1.29 is 4.79 Å². The molecule has 0 spiro atoms. The predicted octanol–water partition coefficient (Wildman–Crippen LogP) is 2.06. The van der Waals surface area contributed by atoms with Crippen LogP contribution in [0.25, 0.3) is 0 Å². The number of imidazole rings is 1. The number of hydrogen-bond acceptors (Lipinski definition) is 2. The lowest BCUT2D eigenvalue weighted by Crippen LogP contribution is -2.29. The van der Waals surface area contributed by atoms with Crippen molar-refractivity contribution in [2.75, 3.05) is 18.9 Å². The number of rotatable bonds is 6. The van der Waals surface area contributed by atoms with E-state index in [0.29, 0.717) is 5.69 Å². The van der Waals surface area contributed by atoms with Gasteiger partial charge in [-0.05, 0) is 12.8 Å². The maximum Gasteiger partial charge on any atom is 0.271 e. The zero-order valence-electron chi connectivity index (χ0n) is 9.82. The molecule has 5 heteroatoms. The molecule has 1 heterocycles. The number of hydrogen-bond donors (Lipinski definition) is 0. The summed E-state index contributed by atoms with van der Waals surface area (Å²) in [7, 11) is 3.67. The lowest BCUT2D eigenvalue weighted by molar-refractivity contribution is 0.0783. The van der Waals surface area contributed by atoms with Crippen LogP contribution in [0.5, 0.6) is 0 Å². The molecule has 0 aromatic carbocycles. The fourth-order valence-electron chi connectivity index (χ4n) is 1.48. The monoisotopic (exact) mass is 287 g/mol. The molecule has 0 aliphatic rings. The van der Waals surface area contributed by atoms with E-state index in [1.54, 1.807) is 22.0 Å². The number of nitrogens with zero attached hydrogens (tertiary/aromatic N) is 3. The highest BCUT2D eigenvalue weighted by molar-refractivity contribution is 9.09. The van der Waals surface area contributed by atoms with Crippen LogP contribution in [0.1, 0.15) is 29.8 Å². The first-order valence-electron chi connectivity index (χ1n) is 5.44. The molecule has 16 heavy (non-hydrogen) atoms. The van der Waals surface area contributed by atoms with Crippen molar-refractivity contribution in [1.29, 1.82) is 0 Å². The Morgan fingerprint density at radius 2 is 2.25 bits per heavy atom. The minimum atomic E-state index is 0.0406. The first-order valence-corrected chi connectivity index (χ1v) is 6.56. The van der Waals surface area contributed by atoms with Crippen LogP contribution in [-0.4, -0.2) is 39.3 Å². The summed E-state index contributed by atoms with van der Waals surface area (Å²) in [5.41, 5.74) is 0.642. The van der Waals surface area contributed by atoms with Crippen LogP contribution >= 0.6 is 15.9 Å². The van der Waals surface area contributed by atoms with Gasteiger partial charge in [-0.15, -0.1) is 0 Å². The van der Waals surface area contributed by atoms with Crippen LogP contribution in [0.15, 0.2) is 12.5 Å². The van der Waals surface area contributed by atoms with Gasteiger partial charge in [0.25, 0.3) is 5.91 Å². The van der Waals surface area contributed by atoms with Gasteiger partial charge in [-0.2, -0.15) is 0 Å². The zero-order chi connectivity index (χ0) is 12.0. The van der Waals surface area contributed by atoms with Gasteiger partial charge in [0.15, 0.2) is 0 Å². The Kier molecular flexibility index (Phi) is 5.52. The van der Waals surface area contributed by atoms with E-state index in [2.05, 4.69) is 20.9 Å². The highest BCUT2D eigenvalue weighted by Crippen LogP contribution is 2.04. The second-order valence-corrected chi connectivity index (χ2v) is 4.66. The molecule has 4 nitrogen and oxygen atoms in total. The first-order chi connectivity index (χ1) is 7.66. The molecular formula is C11H18BrN3O. The third kappa shape index (κ3) is 3.63. The number of halogens is 1. The van der Waals surface area contributed by atoms with Crippen molar-refractivity contribution >= 4 is 21.8 Å². The van der Waals surface area contributed by atoms with Gasteiger partial charge in [0.1, 0.15) is 5.69 Å². The molecule has 0 bridgehead atoms. The standard InChI is InChI=1S/C11H18BrN3O/c1-14(7-5-3-4-6-12)11(16)10-8-13-9-15(10)2/h8-9H,3-7H2,1-2H3. The molecule has 1 rings (SSSR count).